The number of hydrogen-bond acceptors (Lipinski definition) is 4. The summed E-state index contributed by atoms with van der Waals surface area (Å²) in [4.78, 5) is 26.1. The van der Waals surface area contributed by atoms with Crippen LogP contribution >= 0.6 is 0 Å². The lowest BCUT2D eigenvalue weighted by Crippen LogP contribution is -2.40. The first kappa shape index (κ1) is 16.1. The van der Waals surface area contributed by atoms with Gasteiger partial charge in [0.1, 0.15) is 18.0 Å². The van der Waals surface area contributed by atoms with Crippen molar-refractivity contribution in [1.82, 2.24) is 9.13 Å². The minimum Gasteiger partial charge on any atom is -0.489 e. The summed E-state index contributed by atoms with van der Waals surface area (Å²) < 4.78 is 8.29. The second-order valence-electron chi connectivity index (χ2n) is 6.12. The van der Waals surface area contributed by atoms with Crippen molar-refractivity contribution < 1.29 is 4.74 Å². The molecule has 0 N–H and O–H groups in total. The first-order chi connectivity index (χ1) is 11.4. The van der Waals surface area contributed by atoms with Gasteiger partial charge in [-0.1, -0.05) is 18.2 Å². The van der Waals surface area contributed by atoms with Gasteiger partial charge in [0.15, 0.2) is 0 Å². The summed E-state index contributed by atoms with van der Waals surface area (Å²) in [6.07, 6.45) is 3.62. The van der Waals surface area contributed by atoms with Crippen LogP contribution in [0.3, 0.4) is 0 Å². The lowest BCUT2D eigenvalue weighted by molar-refractivity contribution is 0.354. The maximum atomic E-state index is 12.4. The smallest absolute Gasteiger partial charge is 0.330 e. The summed E-state index contributed by atoms with van der Waals surface area (Å²) in [5.41, 5.74) is 3.12. The second-order valence-corrected chi connectivity index (χ2v) is 6.12. The number of fused-ring (bicyclic) bond motifs is 1. The molecule has 0 spiro atoms. The van der Waals surface area contributed by atoms with Crippen molar-refractivity contribution in [3.05, 3.63) is 62.4 Å². The number of likely N-dealkylation sites (N-methyl/N-ethyl adjacent to an activating group) is 1. The normalized spacial score (nSPS) is 13.1. The molecule has 6 heteroatoms. The van der Waals surface area contributed by atoms with Crippen LogP contribution in [0.5, 0.6) is 5.75 Å². The molecule has 0 amide bonds. The van der Waals surface area contributed by atoms with Gasteiger partial charge in [-0.3, -0.25) is 9.36 Å². The monoisotopic (exact) mass is 327 g/mol. The van der Waals surface area contributed by atoms with Crippen LogP contribution in [-0.2, 0) is 14.1 Å². The highest BCUT2D eigenvalue weighted by Crippen LogP contribution is 2.33. The Morgan fingerprint density at radius 2 is 2.00 bits per heavy atom. The van der Waals surface area contributed by atoms with Crippen molar-refractivity contribution in [2.75, 3.05) is 25.1 Å². The number of anilines is 1. The minimum absolute atomic E-state index is 0.294. The van der Waals surface area contributed by atoms with Crippen LogP contribution < -0.4 is 20.9 Å². The third kappa shape index (κ3) is 2.64. The maximum Gasteiger partial charge on any atom is 0.330 e. The molecule has 2 aromatic rings. The van der Waals surface area contributed by atoms with E-state index in [9.17, 15) is 9.59 Å². The van der Waals surface area contributed by atoms with Crippen LogP contribution in [0.2, 0.25) is 0 Å². The number of hydrogen-bond donors (Lipinski definition) is 0. The molecule has 0 aliphatic carbocycles. The molecule has 2 heterocycles. The topological polar surface area (TPSA) is 56.5 Å². The fourth-order valence-corrected chi connectivity index (χ4v) is 2.97. The van der Waals surface area contributed by atoms with E-state index in [2.05, 4.69) is 0 Å². The number of aryl methyl sites for hydroxylation is 2. The van der Waals surface area contributed by atoms with Crippen molar-refractivity contribution in [2.45, 2.75) is 6.92 Å². The lowest BCUT2D eigenvalue weighted by atomic mass is 9.99. The molecule has 0 radical (unpaired) electrons. The third-order valence-corrected chi connectivity index (χ3v) is 4.36. The highest BCUT2D eigenvalue weighted by Gasteiger charge is 2.18. The lowest BCUT2D eigenvalue weighted by Gasteiger charge is -2.25. The van der Waals surface area contributed by atoms with Crippen molar-refractivity contribution in [3.63, 3.8) is 0 Å². The van der Waals surface area contributed by atoms with Crippen molar-refractivity contribution in [1.29, 1.82) is 0 Å². The SMILES string of the molecule is Cc1cccc2c1OCC=C2CN(C)c1cn(C)c(=O)n(C)c1=O. The predicted molar refractivity (Wildman–Crippen MR) is 94.8 cm³/mol. The number of para-hydroxylation sites is 1. The van der Waals surface area contributed by atoms with Crippen molar-refractivity contribution in [2.24, 2.45) is 14.1 Å². The van der Waals surface area contributed by atoms with E-state index in [4.69, 9.17) is 4.74 Å². The van der Waals surface area contributed by atoms with Gasteiger partial charge in [-0.15, -0.1) is 0 Å². The summed E-state index contributed by atoms with van der Waals surface area (Å²) in [6.45, 7) is 3.10. The Balaban J connectivity index is 1.96. The molecule has 0 atom stereocenters. The molecule has 0 bridgehead atoms. The first-order valence-corrected chi connectivity index (χ1v) is 7.79. The number of nitrogens with zero attached hydrogens (tertiary/aromatic N) is 3. The highest BCUT2D eigenvalue weighted by atomic mass is 16.5. The molecule has 1 aromatic carbocycles. The Bertz CT molecular complexity index is 938. The van der Waals surface area contributed by atoms with Crippen molar-refractivity contribution >= 4 is 11.3 Å². The van der Waals surface area contributed by atoms with E-state index in [1.54, 1.807) is 13.2 Å². The predicted octanol–water partition coefficient (Wildman–Crippen LogP) is 1.30. The Morgan fingerprint density at radius 1 is 1.25 bits per heavy atom. The van der Waals surface area contributed by atoms with Gasteiger partial charge in [0, 0.05) is 39.4 Å². The fraction of sp³-hybridized carbons (Fsp3) is 0.333. The molecule has 24 heavy (non-hydrogen) atoms. The Kier molecular flexibility index (Phi) is 4.05. The molecule has 0 saturated heterocycles. The molecule has 6 nitrogen and oxygen atoms in total. The van der Waals surface area contributed by atoms with Gasteiger partial charge in [-0.2, -0.15) is 0 Å². The first-order valence-electron chi connectivity index (χ1n) is 7.79. The quantitative estimate of drug-likeness (QED) is 0.853. The summed E-state index contributed by atoms with van der Waals surface area (Å²) in [6, 6.07) is 6.05. The van der Waals surface area contributed by atoms with Gasteiger partial charge in [-0.25, -0.2) is 4.79 Å². The van der Waals surface area contributed by atoms with E-state index in [-0.39, 0.29) is 11.2 Å². The van der Waals surface area contributed by atoms with Gasteiger partial charge in [-0.05, 0) is 24.1 Å². The molecule has 1 aromatic heterocycles. The zero-order chi connectivity index (χ0) is 17.4. The van der Waals surface area contributed by atoms with Gasteiger partial charge < -0.3 is 14.2 Å². The Labute approximate surface area is 140 Å². The van der Waals surface area contributed by atoms with E-state index in [0.717, 1.165) is 27.0 Å². The van der Waals surface area contributed by atoms with E-state index in [0.29, 0.717) is 18.8 Å². The number of ether oxygens (including phenoxy) is 1. The Hall–Kier alpha value is -2.76. The molecule has 0 saturated carbocycles. The minimum atomic E-state index is -0.330. The molecule has 0 fully saturated rings. The highest BCUT2D eigenvalue weighted by molar-refractivity contribution is 5.76. The molecule has 1 aliphatic rings. The fourth-order valence-electron chi connectivity index (χ4n) is 2.97. The number of benzene rings is 1. The zero-order valence-corrected chi connectivity index (χ0v) is 14.4. The number of rotatable bonds is 3. The van der Waals surface area contributed by atoms with E-state index < -0.39 is 0 Å². The van der Waals surface area contributed by atoms with Crippen LogP contribution in [0.1, 0.15) is 11.1 Å². The second kappa shape index (κ2) is 6.03. The maximum absolute atomic E-state index is 12.4. The van der Waals surface area contributed by atoms with Gasteiger partial charge in [0.2, 0.25) is 0 Å². The Morgan fingerprint density at radius 3 is 2.75 bits per heavy atom. The summed E-state index contributed by atoms with van der Waals surface area (Å²) in [5.74, 6) is 0.900. The van der Waals surface area contributed by atoms with Gasteiger partial charge in [0.25, 0.3) is 5.56 Å². The van der Waals surface area contributed by atoms with Crippen molar-refractivity contribution in [3.8, 4) is 5.75 Å². The third-order valence-electron chi connectivity index (χ3n) is 4.36. The zero-order valence-electron chi connectivity index (χ0n) is 14.4. The van der Waals surface area contributed by atoms with E-state index in [1.807, 2.05) is 43.1 Å². The summed E-state index contributed by atoms with van der Waals surface area (Å²) in [5, 5.41) is 0. The van der Waals surface area contributed by atoms with Crippen LogP contribution in [-0.4, -0.2) is 29.3 Å². The average Bonchev–Trinajstić information content (AvgIpc) is 2.57. The van der Waals surface area contributed by atoms with E-state index >= 15 is 0 Å². The summed E-state index contributed by atoms with van der Waals surface area (Å²) >= 11 is 0. The molecular formula is C18H21N3O3. The average molecular weight is 327 g/mol. The molecule has 1 aliphatic heterocycles. The van der Waals surface area contributed by atoms with Crippen LogP contribution in [0, 0.1) is 6.92 Å². The molecule has 3 rings (SSSR count). The van der Waals surface area contributed by atoms with Crippen LogP contribution in [0.25, 0.3) is 5.57 Å². The van der Waals surface area contributed by atoms with E-state index in [1.165, 1.54) is 11.6 Å². The largest absolute Gasteiger partial charge is 0.489 e. The number of aromatic nitrogens is 2. The van der Waals surface area contributed by atoms with Gasteiger partial charge >= 0.3 is 5.69 Å². The van der Waals surface area contributed by atoms with Crippen LogP contribution in [0.15, 0.2) is 40.1 Å². The molecule has 0 unspecified atom stereocenters. The molecule has 126 valence electrons. The summed E-state index contributed by atoms with van der Waals surface area (Å²) in [7, 11) is 4.99. The van der Waals surface area contributed by atoms with Gasteiger partial charge in [0.05, 0.1) is 0 Å². The standard InChI is InChI=1S/C18H21N3O3/c1-12-6-5-7-14-13(8-9-24-16(12)14)10-19(2)15-11-20(3)18(23)21(4)17(15)22/h5-8,11H,9-10H2,1-4H3. The van der Waals surface area contributed by atoms with Crippen LogP contribution in [0.4, 0.5) is 5.69 Å². The molecular weight excluding hydrogens is 306 g/mol.